The van der Waals surface area contributed by atoms with Gasteiger partial charge in [-0.1, -0.05) is 18.2 Å². The highest BCUT2D eigenvalue weighted by atomic mass is 16.5. The summed E-state index contributed by atoms with van der Waals surface area (Å²) in [6.07, 6.45) is 5.80. The fourth-order valence-corrected chi connectivity index (χ4v) is 2.89. The average Bonchev–Trinajstić information content (AvgIpc) is 2.54. The zero-order chi connectivity index (χ0) is 15.8. The standard InChI is InChI=1S/C18H26N2O2/c1-3-22-17-9-5-4-8-16(17)10-11-18(21)20-12-6-7-15(14-20)13-19-2/h4-5,8-11,15,19H,3,6-7,12-14H2,1-2H3/b11-10+. The van der Waals surface area contributed by atoms with Crippen molar-refractivity contribution in [1.29, 1.82) is 0 Å². The first kappa shape index (κ1) is 16.6. The van der Waals surface area contributed by atoms with Gasteiger partial charge in [-0.25, -0.2) is 0 Å². The monoisotopic (exact) mass is 302 g/mol. The number of amides is 1. The van der Waals surface area contributed by atoms with Crippen LogP contribution in [0.4, 0.5) is 0 Å². The number of nitrogens with one attached hydrogen (secondary N) is 1. The Kier molecular flexibility index (Phi) is 6.46. The van der Waals surface area contributed by atoms with Crippen molar-refractivity contribution in [2.24, 2.45) is 5.92 Å². The SMILES string of the molecule is CCOc1ccccc1/C=C/C(=O)N1CCCC(CNC)C1. The highest BCUT2D eigenvalue weighted by Crippen LogP contribution is 2.20. The van der Waals surface area contributed by atoms with E-state index < -0.39 is 0 Å². The number of hydrogen-bond donors (Lipinski definition) is 1. The second-order valence-corrected chi connectivity index (χ2v) is 5.65. The number of piperidine rings is 1. The number of nitrogens with zero attached hydrogens (tertiary/aromatic N) is 1. The molecule has 1 fully saturated rings. The molecule has 0 radical (unpaired) electrons. The molecule has 1 aromatic carbocycles. The normalized spacial score (nSPS) is 18.6. The second kappa shape index (κ2) is 8.59. The number of carbonyl (C=O) groups is 1. The third-order valence-electron chi connectivity index (χ3n) is 3.95. The van der Waals surface area contributed by atoms with E-state index >= 15 is 0 Å². The molecule has 4 heteroatoms. The molecule has 0 bridgehead atoms. The summed E-state index contributed by atoms with van der Waals surface area (Å²) in [5.41, 5.74) is 0.946. The lowest BCUT2D eigenvalue weighted by atomic mass is 9.98. The fourth-order valence-electron chi connectivity index (χ4n) is 2.89. The van der Waals surface area contributed by atoms with Crippen molar-refractivity contribution in [3.63, 3.8) is 0 Å². The van der Waals surface area contributed by atoms with Crippen molar-refractivity contribution in [3.8, 4) is 5.75 Å². The van der Waals surface area contributed by atoms with Crippen LogP contribution in [0.2, 0.25) is 0 Å². The van der Waals surface area contributed by atoms with E-state index in [2.05, 4.69) is 5.32 Å². The van der Waals surface area contributed by atoms with Crippen molar-refractivity contribution in [1.82, 2.24) is 10.2 Å². The summed E-state index contributed by atoms with van der Waals surface area (Å²) in [5.74, 6) is 1.47. The topological polar surface area (TPSA) is 41.6 Å². The summed E-state index contributed by atoms with van der Waals surface area (Å²) in [6.45, 7) is 5.26. The van der Waals surface area contributed by atoms with E-state index in [9.17, 15) is 4.79 Å². The van der Waals surface area contributed by atoms with Gasteiger partial charge in [0.25, 0.3) is 0 Å². The van der Waals surface area contributed by atoms with Gasteiger partial charge < -0.3 is 15.0 Å². The van der Waals surface area contributed by atoms with Gasteiger partial charge in [0.05, 0.1) is 6.61 Å². The smallest absolute Gasteiger partial charge is 0.246 e. The Morgan fingerprint density at radius 1 is 1.45 bits per heavy atom. The highest BCUT2D eigenvalue weighted by molar-refractivity contribution is 5.92. The molecule has 1 amide bonds. The van der Waals surface area contributed by atoms with E-state index in [0.29, 0.717) is 12.5 Å². The molecule has 1 N–H and O–H groups in total. The van der Waals surface area contributed by atoms with E-state index in [1.807, 2.05) is 49.2 Å². The number of para-hydroxylation sites is 1. The van der Waals surface area contributed by atoms with Gasteiger partial charge in [-0.05, 0) is 51.4 Å². The molecule has 22 heavy (non-hydrogen) atoms. The highest BCUT2D eigenvalue weighted by Gasteiger charge is 2.21. The van der Waals surface area contributed by atoms with Gasteiger partial charge >= 0.3 is 0 Å². The van der Waals surface area contributed by atoms with Crippen LogP contribution in [0, 0.1) is 5.92 Å². The van der Waals surface area contributed by atoms with Crippen molar-refractivity contribution in [2.75, 3.05) is 33.3 Å². The lowest BCUT2D eigenvalue weighted by molar-refractivity contribution is -0.127. The van der Waals surface area contributed by atoms with Crippen molar-refractivity contribution in [3.05, 3.63) is 35.9 Å². The number of hydrogen-bond acceptors (Lipinski definition) is 3. The Bertz CT molecular complexity index is 512. The van der Waals surface area contributed by atoms with Gasteiger partial charge in [-0.2, -0.15) is 0 Å². The minimum absolute atomic E-state index is 0.0899. The van der Waals surface area contributed by atoms with Crippen LogP contribution < -0.4 is 10.1 Å². The zero-order valence-corrected chi connectivity index (χ0v) is 13.5. The minimum atomic E-state index is 0.0899. The second-order valence-electron chi connectivity index (χ2n) is 5.65. The molecule has 0 saturated carbocycles. The number of benzene rings is 1. The molecule has 1 heterocycles. The van der Waals surface area contributed by atoms with E-state index in [1.54, 1.807) is 6.08 Å². The maximum Gasteiger partial charge on any atom is 0.246 e. The van der Waals surface area contributed by atoms with Crippen LogP contribution in [0.25, 0.3) is 6.08 Å². The quantitative estimate of drug-likeness (QED) is 0.821. The Morgan fingerprint density at radius 2 is 2.27 bits per heavy atom. The summed E-state index contributed by atoms with van der Waals surface area (Å²) >= 11 is 0. The van der Waals surface area contributed by atoms with Crippen molar-refractivity contribution >= 4 is 12.0 Å². The third-order valence-corrected chi connectivity index (χ3v) is 3.95. The summed E-state index contributed by atoms with van der Waals surface area (Å²) in [4.78, 5) is 14.3. The molecule has 0 aliphatic carbocycles. The van der Waals surface area contributed by atoms with E-state index in [0.717, 1.165) is 37.4 Å². The fraction of sp³-hybridized carbons (Fsp3) is 0.500. The molecule has 1 aromatic rings. The van der Waals surface area contributed by atoms with Gasteiger partial charge in [0.2, 0.25) is 5.91 Å². The van der Waals surface area contributed by atoms with E-state index in [1.165, 1.54) is 6.42 Å². The first-order valence-corrected chi connectivity index (χ1v) is 8.08. The number of ether oxygens (including phenoxy) is 1. The zero-order valence-electron chi connectivity index (χ0n) is 13.5. The first-order valence-electron chi connectivity index (χ1n) is 8.08. The largest absolute Gasteiger partial charge is 0.493 e. The molecular weight excluding hydrogens is 276 g/mol. The molecule has 1 atom stereocenters. The van der Waals surface area contributed by atoms with Crippen LogP contribution in [0.3, 0.4) is 0 Å². The number of likely N-dealkylation sites (tertiary alicyclic amines) is 1. The predicted molar refractivity (Wildman–Crippen MR) is 89.9 cm³/mol. The summed E-state index contributed by atoms with van der Waals surface area (Å²) in [6, 6.07) is 7.79. The molecule has 1 unspecified atom stereocenters. The predicted octanol–water partition coefficient (Wildman–Crippen LogP) is 2.56. The molecule has 120 valence electrons. The van der Waals surface area contributed by atoms with Gasteiger partial charge in [-0.15, -0.1) is 0 Å². The molecule has 1 saturated heterocycles. The molecule has 4 nitrogen and oxygen atoms in total. The lowest BCUT2D eigenvalue weighted by Gasteiger charge is -2.32. The third kappa shape index (κ3) is 4.60. The van der Waals surface area contributed by atoms with Crippen LogP contribution in [0.15, 0.2) is 30.3 Å². The molecule has 0 spiro atoms. The molecule has 0 aromatic heterocycles. The van der Waals surface area contributed by atoms with Crippen LogP contribution in [-0.2, 0) is 4.79 Å². The number of carbonyl (C=O) groups excluding carboxylic acids is 1. The van der Waals surface area contributed by atoms with E-state index in [-0.39, 0.29) is 5.91 Å². The first-order chi connectivity index (χ1) is 10.7. The van der Waals surface area contributed by atoms with Gasteiger partial charge in [0.15, 0.2) is 0 Å². The lowest BCUT2D eigenvalue weighted by Crippen LogP contribution is -2.41. The van der Waals surface area contributed by atoms with Gasteiger partial charge in [0, 0.05) is 24.7 Å². The Morgan fingerprint density at radius 3 is 3.05 bits per heavy atom. The summed E-state index contributed by atoms with van der Waals surface area (Å²) in [7, 11) is 1.96. The van der Waals surface area contributed by atoms with Gasteiger partial charge in [0.1, 0.15) is 5.75 Å². The average molecular weight is 302 g/mol. The van der Waals surface area contributed by atoms with Crippen LogP contribution >= 0.6 is 0 Å². The summed E-state index contributed by atoms with van der Waals surface area (Å²) < 4.78 is 5.58. The number of rotatable bonds is 6. The van der Waals surface area contributed by atoms with Crippen LogP contribution in [0.5, 0.6) is 5.75 Å². The van der Waals surface area contributed by atoms with Crippen LogP contribution in [0.1, 0.15) is 25.3 Å². The Hall–Kier alpha value is -1.81. The molecule has 1 aliphatic heterocycles. The summed E-state index contributed by atoms with van der Waals surface area (Å²) in [5, 5.41) is 3.20. The van der Waals surface area contributed by atoms with Crippen LogP contribution in [-0.4, -0.2) is 44.1 Å². The molecule has 2 rings (SSSR count). The van der Waals surface area contributed by atoms with Gasteiger partial charge in [-0.3, -0.25) is 4.79 Å². The van der Waals surface area contributed by atoms with Crippen molar-refractivity contribution < 1.29 is 9.53 Å². The molecular formula is C18H26N2O2. The minimum Gasteiger partial charge on any atom is -0.493 e. The molecule has 1 aliphatic rings. The maximum atomic E-state index is 12.4. The Labute approximate surface area is 133 Å². The van der Waals surface area contributed by atoms with Crippen molar-refractivity contribution in [2.45, 2.75) is 19.8 Å². The maximum absolute atomic E-state index is 12.4. The Balaban J connectivity index is 1.99. The van der Waals surface area contributed by atoms with E-state index in [4.69, 9.17) is 4.74 Å².